The van der Waals surface area contributed by atoms with Crippen LogP contribution in [0, 0.1) is 0 Å². The van der Waals surface area contributed by atoms with Gasteiger partial charge in [0.1, 0.15) is 28.2 Å². The van der Waals surface area contributed by atoms with Crippen LogP contribution in [0.1, 0.15) is 26.9 Å². The number of thioether (sulfide) groups is 1. The van der Waals surface area contributed by atoms with Crippen molar-refractivity contribution in [2.45, 2.75) is 10.1 Å². The summed E-state index contributed by atoms with van der Waals surface area (Å²) in [6.45, 7) is 0. The molecule has 1 heterocycles. The first-order valence-electron chi connectivity index (χ1n) is 15.9. The zero-order valence-electron chi connectivity index (χ0n) is 27.3. The number of furan rings is 1. The van der Waals surface area contributed by atoms with E-state index in [1.807, 2.05) is 66.7 Å². The van der Waals surface area contributed by atoms with Crippen molar-refractivity contribution in [1.29, 1.82) is 0 Å². The molecule has 6 rings (SSSR count). The number of nitrogens with one attached hydrogen (secondary N) is 3. The zero-order valence-corrected chi connectivity index (χ0v) is 28.9. The summed E-state index contributed by atoms with van der Waals surface area (Å²) < 4.78 is 11.5. The summed E-state index contributed by atoms with van der Waals surface area (Å²) in [4.78, 5) is 41.1. The lowest BCUT2D eigenvalue weighted by atomic mass is 10.1. The van der Waals surface area contributed by atoms with Gasteiger partial charge < -0.3 is 25.1 Å². The number of rotatable bonds is 12. The Hall–Kier alpha value is -6.03. The summed E-state index contributed by atoms with van der Waals surface area (Å²) in [6.07, 6.45) is 1.48. The molecule has 254 valence electrons. The van der Waals surface area contributed by atoms with E-state index in [4.69, 9.17) is 20.8 Å². The molecule has 3 amide bonds. The molecule has 0 radical (unpaired) electrons. The minimum Gasteiger partial charge on any atom is -0.496 e. The first-order valence-corrected chi connectivity index (χ1v) is 17.1. The summed E-state index contributed by atoms with van der Waals surface area (Å²) in [5, 5.41) is 8.59. The standard InChI is InChI=1S/C41H32ClN3O5S/c1-49-36-15-9-8-14-34(36)37-25-22-32(50-37)26-35(45-39(46)28-12-6-3-7-13-28)40(47)43-31-20-23-33(24-21-31)51-38(27-10-4-2-5-11-27)41(48)44-30-18-16-29(42)17-19-30/h2-26,38H,1H3,(H,43,47)(H,44,48)(H,45,46)/b35-26-/t38-/m0/s1. The van der Waals surface area contributed by atoms with E-state index in [0.717, 1.165) is 16.0 Å². The first-order chi connectivity index (χ1) is 24.9. The van der Waals surface area contributed by atoms with E-state index in [1.165, 1.54) is 17.8 Å². The molecule has 1 aromatic heterocycles. The van der Waals surface area contributed by atoms with E-state index < -0.39 is 17.1 Å². The summed E-state index contributed by atoms with van der Waals surface area (Å²) in [5.74, 6) is 0.323. The predicted octanol–water partition coefficient (Wildman–Crippen LogP) is 9.49. The van der Waals surface area contributed by atoms with Crippen molar-refractivity contribution in [1.82, 2.24) is 5.32 Å². The molecule has 8 nitrogen and oxygen atoms in total. The predicted molar refractivity (Wildman–Crippen MR) is 203 cm³/mol. The van der Waals surface area contributed by atoms with Crippen molar-refractivity contribution in [2.75, 3.05) is 17.7 Å². The van der Waals surface area contributed by atoms with Gasteiger partial charge in [-0.2, -0.15) is 0 Å². The number of methoxy groups -OCH3 is 1. The van der Waals surface area contributed by atoms with Gasteiger partial charge in [-0.3, -0.25) is 14.4 Å². The fraction of sp³-hybridized carbons (Fsp3) is 0.0488. The molecule has 0 aliphatic rings. The third-order valence-corrected chi connectivity index (χ3v) is 9.15. The third-order valence-electron chi connectivity index (χ3n) is 7.63. The molecule has 0 saturated heterocycles. The van der Waals surface area contributed by atoms with Crippen LogP contribution in [-0.2, 0) is 9.59 Å². The summed E-state index contributed by atoms with van der Waals surface area (Å²) >= 11 is 7.39. The van der Waals surface area contributed by atoms with Crippen LogP contribution >= 0.6 is 23.4 Å². The van der Waals surface area contributed by atoms with Crippen molar-refractivity contribution in [3.05, 3.63) is 173 Å². The van der Waals surface area contributed by atoms with Crippen molar-refractivity contribution >= 4 is 58.5 Å². The SMILES string of the molecule is COc1ccccc1-c1ccc(/C=C(\NC(=O)c2ccccc2)C(=O)Nc2ccc(S[C@H](C(=O)Nc3ccc(Cl)cc3)c3ccccc3)cc2)o1. The van der Waals surface area contributed by atoms with Gasteiger partial charge in [0.15, 0.2) is 0 Å². The lowest BCUT2D eigenvalue weighted by molar-refractivity contribution is -0.116. The van der Waals surface area contributed by atoms with Crippen LogP contribution in [0.2, 0.25) is 5.02 Å². The Morgan fingerprint density at radius 1 is 0.725 bits per heavy atom. The number of para-hydroxylation sites is 1. The normalized spacial score (nSPS) is 11.7. The van der Waals surface area contributed by atoms with Crippen LogP contribution in [0.3, 0.4) is 0 Å². The molecule has 0 fully saturated rings. The Bertz CT molecular complexity index is 2150. The quantitative estimate of drug-likeness (QED) is 0.0861. The number of hydrogen-bond donors (Lipinski definition) is 3. The Morgan fingerprint density at radius 3 is 2.06 bits per heavy atom. The van der Waals surface area contributed by atoms with E-state index >= 15 is 0 Å². The lowest BCUT2D eigenvalue weighted by Gasteiger charge is -2.17. The van der Waals surface area contributed by atoms with Crippen molar-refractivity contribution in [2.24, 2.45) is 0 Å². The number of carbonyl (C=O) groups is 3. The number of carbonyl (C=O) groups excluding carboxylic acids is 3. The van der Waals surface area contributed by atoms with Gasteiger partial charge in [-0.1, -0.05) is 72.3 Å². The number of halogens is 1. The molecule has 0 aliphatic heterocycles. The molecule has 0 saturated carbocycles. The van der Waals surface area contributed by atoms with E-state index in [1.54, 1.807) is 86.0 Å². The van der Waals surface area contributed by atoms with E-state index in [0.29, 0.717) is 39.2 Å². The molecule has 0 spiro atoms. The fourth-order valence-corrected chi connectivity index (χ4v) is 6.25. The zero-order chi connectivity index (χ0) is 35.6. The molecule has 0 bridgehead atoms. The van der Waals surface area contributed by atoms with Crippen molar-refractivity contribution in [3.8, 4) is 17.1 Å². The molecular formula is C41H32ClN3O5S. The van der Waals surface area contributed by atoms with Crippen LogP contribution in [-0.4, -0.2) is 24.8 Å². The van der Waals surface area contributed by atoms with Crippen LogP contribution in [0.5, 0.6) is 5.75 Å². The monoisotopic (exact) mass is 713 g/mol. The molecule has 1 atom stereocenters. The van der Waals surface area contributed by atoms with E-state index in [-0.39, 0.29) is 11.6 Å². The van der Waals surface area contributed by atoms with Gasteiger partial charge >= 0.3 is 0 Å². The Balaban J connectivity index is 1.21. The molecule has 10 heteroatoms. The maximum Gasteiger partial charge on any atom is 0.272 e. The molecule has 3 N–H and O–H groups in total. The minimum atomic E-state index is -0.556. The van der Waals surface area contributed by atoms with Crippen molar-refractivity contribution < 1.29 is 23.5 Å². The number of ether oxygens (including phenoxy) is 1. The highest BCUT2D eigenvalue weighted by Crippen LogP contribution is 2.37. The number of hydrogen-bond acceptors (Lipinski definition) is 6. The molecule has 0 aliphatic carbocycles. The Kier molecular flexibility index (Phi) is 11.3. The number of amides is 3. The molecule has 0 unspecified atom stereocenters. The maximum absolute atomic E-state index is 13.7. The highest BCUT2D eigenvalue weighted by molar-refractivity contribution is 8.00. The highest BCUT2D eigenvalue weighted by Gasteiger charge is 2.23. The molecule has 6 aromatic rings. The smallest absolute Gasteiger partial charge is 0.272 e. The Morgan fingerprint density at radius 2 is 1.35 bits per heavy atom. The first kappa shape index (κ1) is 34.8. The van der Waals surface area contributed by atoms with Gasteiger partial charge in [0.05, 0.1) is 12.7 Å². The van der Waals surface area contributed by atoms with Crippen LogP contribution in [0.15, 0.2) is 161 Å². The highest BCUT2D eigenvalue weighted by atomic mass is 35.5. The van der Waals surface area contributed by atoms with Gasteiger partial charge in [-0.15, -0.1) is 11.8 Å². The van der Waals surface area contributed by atoms with E-state index in [2.05, 4.69) is 16.0 Å². The fourth-order valence-electron chi connectivity index (χ4n) is 5.10. The van der Waals surface area contributed by atoms with E-state index in [9.17, 15) is 14.4 Å². The topological polar surface area (TPSA) is 110 Å². The van der Waals surface area contributed by atoms with Crippen LogP contribution in [0.4, 0.5) is 11.4 Å². The third kappa shape index (κ3) is 9.16. The van der Waals surface area contributed by atoms with Gasteiger partial charge in [0.25, 0.3) is 11.8 Å². The second-order valence-electron chi connectivity index (χ2n) is 11.2. The lowest BCUT2D eigenvalue weighted by Crippen LogP contribution is -2.30. The maximum atomic E-state index is 13.7. The van der Waals surface area contributed by atoms with Crippen LogP contribution < -0.4 is 20.7 Å². The minimum absolute atomic E-state index is 0.0220. The second-order valence-corrected chi connectivity index (χ2v) is 12.8. The molecule has 5 aromatic carbocycles. The number of benzene rings is 5. The Labute approximate surface area is 304 Å². The average molecular weight is 714 g/mol. The largest absolute Gasteiger partial charge is 0.496 e. The summed E-state index contributed by atoms with van der Waals surface area (Å²) in [5.41, 5.74) is 3.07. The van der Waals surface area contributed by atoms with Gasteiger partial charge in [-0.25, -0.2) is 0 Å². The molecular weight excluding hydrogens is 682 g/mol. The van der Waals surface area contributed by atoms with Crippen molar-refractivity contribution in [3.63, 3.8) is 0 Å². The van der Waals surface area contributed by atoms with Gasteiger partial charge in [0, 0.05) is 32.9 Å². The second kappa shape index (κ2) is 16.6. The molecule has 51 heavy (non-hydrogen) atoms. The summed E-state index contributed by atoms with van der Waals surface area (Å²) in [6, 6.07) is 43.1. The van der Waals surface area contributed by atoms with Gasteiger partial charge in [0.2, 0.25) is 5.91 Å². The summed E-state index contributed by atoms with van der Waals surface area (Å²) in [7, 11) is 1.58. The van der Waals surface area contributed by atoms with Crippen LogP contribution in [0.25, 0.3) is 17.4 Å². The number of anilines is 2. The van der Waals surface area contributed by atoms with Gasteiger partial charge in [-0.05, 0) is 90.5 Å². The average Bonchev–Trinajstić information content (AvgIpc) is 3.64.